The van der Waals surface area contributed by atoms with Crippen molar-refractivity contribution in [1.82, 2.24) is 0 Å². The fourth-order valence-corrected chi connectivity index (χ4v) is 6.21. The Morgan fingerprint density at radius 3 is 2.11 bits per heavy atom. The van der Waals surface area contributed by atoms with Crippen molar-refractivity contribution in [3.63, 3.8) is 0 Å². The van der Waals surface area contributed by atoms with Crippen LogP contribution in [0, 0.1) is 17.8 Å². The second kappa shape index (κ2) is 3.60. The van der Waals surface area contributed by atoms with Crippen LogP contribution < -0.4 is 0 Å². The predicted molar refractivity (Wildman–Crippen MR) is 71.1 cm³/mol. The van der Waals surface area contributed by atoms with E-state index in [9.17, 15) is 4.79 Å². The average molecular weight is 262 g/mol. The quantitative estimate of drug-likeness (QED) is 0.877. The number of rotatable bonds is 2. The Labute approximate surface area is 111 Å². The molecule has 0 atom stereocenters. The minimum absolute atomic E-state index is 0.354. The van der Waals surface area contributed by atoms with Crippen LogP contribution >= 0.6 is 11.3 Å². The molecule has 4 aliphatic carbocycles. The van der Waals surface area contributed by atoms with Crippen molar-refractivity contribution in [2.45, 2.75) is 43.9 Å². The normalized spacial score (nSPS) is 41.2. The average Bonchev–Trinajstić information content (AvgIpc) is 2.76. The summed E-state index contributed by atoms with van der Waals surface area (Å²) in [7, 11) is 0. The van der Waals surface area contributed by atoms with Gasteiger partial charge in [0.15, 0.2) is 0 Å². The minimum Gasteiger partial charge on any atom is -0.477 e. The SMILES string of the molecule is O=C(O)c1ccc(C23CC4CC(CC(C4)C2)C3)s1. The van der Waals surface area contributed by atoms with Crippen molar-refractivity contribution in [1.29, 1.82) is 0 Å². The largest absolute Gasteiger partial charge is 0.477 e. The number of hydrogen-bond donors (Lipinski definition) is 1. The molecule has 1 N–H and O–H groups in total. The first-order valence-corrected chi connectivity index (χ1v) is 7.80. The van der Waals surface area contributed by atoms with E-state index in [1.807, 2.05) is 0 Å². The standard InChI is InChI=1S/C15H18O2S/c16-14(17)12-1-2-13(18-12)15-6-9-3-10(7-15)5-11(4-9)8-15/h1-2,9-11H,3-8H2,(H,16,17). The Bertz CT molecular complexity index is 467. The Morgan fingerprint density at radius 1 is 1.11 bits per heavy atom. The molecule has 96 valence electrons. The summed E-state index contributed by atoms with van der Waals surface area (Å²) in [5, 5.41) is 9.09. The van der Waals surface area contributed by atoms with Gasteiger partial charge in [-0.25, -0.2) is 4.79 Å². The van der Waals surface area contributed by atoms with Crippen LogP contribution in [0.1, 0.15) is 53.1 Å². The van der Waals surface area contributed by atoms with Gasteiger partial charge in [0.2, 0.25) is 0 Å². The summed E-state index contributed by atoms with van der Waals surface area (Å²) in [4.78, 5) is 12.9. The first kappa shape index (κ1) is 11.0. The lowest BCUT2D eigenvalue weighted by Gasteiger charge is -2.56. The van der Waals surface area contributed by atoms with Gasteiger partial charge in [0.05, 0.1) is 0 Å². The van der Waals surface area contributed by atoms with Crippen LogP contribution in [0.15, 0.2) is 12.1 Å². The third-order valence-electron chi connectivity index (χ3n) is 5.38. The monoisotopic (exact) mass is 262 g/mol. The third-order valence-corrected chi connectivity index (χ3v) is 6.70. The molecule has 0 radical (unpaired) electrons. The van der Waals surface area contributed by atoms with E-state index in [1.165, 1.54) is 54.7 Å². The number of hydrogen-bond acceptors (Lipinski definition) is 2. The molecule has 0 aliphatic heterocycles. The van der Waals surface area contributed by atoms with Crippen LogP contribution in [-0.4, -0.2) is 11.1 Å². The summed E-state index contributed by atoms with van der Waals surface area (Å²) >= 11 is 1.53. The maximum atomic E-state index is 11.1. The van der Waals surface area contributed by atoms with E-state index in [-0.39, 0.29) is 0 Å². The molecule has 4 bridgehead atoms. The van der Waals surface area contributed by atoms with Gasteiger partial charge in [-0.2, -0.15) is 0 Å². The van der Waals surface area contributed by atoms with Gasteiger partial charge in [0.1, 0.15) is 4.88 Å². The van der Waals surface area contributed by atoms with Crippen LogP contribution in [-0.2, 0) is 5.41 Å². The number of thiophene rings is 1. The lowest BCUT2D eigenvalue weighted by atomic mass is 9.49. The van der Waals surface area contributed by atoms with Crippen LogP contribution in [0.5, 0.6) is 0 Å². The highest BCUT2D eigenvalue weighted by Gasteiger charge is 2.52. The zero-order valence-corrected chi connectivity index (χ0v) is 11.2. The molecule has 1 aromatic rings. The smallest absolute Gasteiger partial charge is 0.345 e. The highest BCUT2D eigenvalue weighted by Crippen LogP contribution is 2.61. The van der Waals surface area contributed by atoms with Gasteiger partial charge >= 0.3 is 5.97 Å². The topological polar surface area (TPSA) is 37.3 Å². The molecule has 0 aromatic carbocycles. The minimum atomic E-state index is -0.768. The van der Waals surface area contributed by atoms with E-state index in [0.29, 0.717) is 10.3 Å². The summed E-state index contributed by atoms with van der Waals surface area (Å²) in [6.07, 6.45) is 8.28. The number of carbonyl (C=O) groups is 1. The van der Waals surface area contributed by atoms with Crippen LogP contribution in [0.3, 0.4) is 0 Å². The van der Waals surface area contributed by atoms with Gasteiger partial charge in [0.25, 0.3) is 0 Å². The van der Waals surface area contributed by atoms with Crippen molar-refractivity contribution in [3.05, 3.63) is 21.9 Å². The molecular formula is C15H18O2S. The fraction of sp³-hybridized carbons (Fsp3) is 0.667. The number of aromatic carboxylic acids is 1. The zero-order chi connectivity index (χ0) is 12.3. The first-order chi connectivity index (χ1) is 8.64. The molecule has 1 aromatic heterocycles. The summed E-state index contributed by atoms with van der Waals surface area (Å²) in [6.45, 7) is 0. The highest BCUT2D eigenvalue weighted by atomic mass is 32.1. The Balaban J connectivity index is 1.72. The molecule has 0 amide bonds. The van der Waals surface area contributed by atoms with E-state index in [0.717, 1.165) is 17.8 Å². The molecule has 0 saturated heterocycles. The van der Waals surface area contributed by atoms with Gasteiger partial charge < -0.3 is 5.11 Å². The van der Waals surface area contributed by atoms with Gasteiger partial charge in [-0.05, 0) is 68.4 Å². The maximum absolute atomic E-state index is 11.1. The second-order valence-corrected chi connectivity index (χ2v) is 7.75. The van der Waals surface area contributed by atoms with E-state index >= 15 is 0 Å². The molecule has 0 unspecified atom stereocenters. The molecule has 1 heterocycles. The Hall–Kier alpha value is -0.830. The molecular weight excluding hydrogens is 244 g/mol. The second-order valence-electron chi connectivity index (χ2n) is 6.67. The lowest BCUT2D eigenvalue weighted by molar-refractivity contribution is -0.00346. The van der Waals surface area contributed by atoms with Gasteiger partial charge in [-0.1, -0.05) is 0 Å². The number of carboxylic acids is 1. The summed E-state index contributed by atoms with van der Waals surface area (Å²) in [6, 6.07) is 3.90. The van der Waals surface area contributed by atoms with Crippen molar-refractivity contribution < 1.29 is 9.90 Å². The molecule has 0 spiro atoms. The van der Waals surface area contributed by atoms with Crippen molar-refractivity contribution in [2.75, 3.05) is 0 Å². The van der Waals surface area contributed by atoms with Crippen molar-refractivity contribution >= 4 is 17.3 Å². The highest BCUT2D eigenvalue weighted by molar-refractivity contribution is 7.14. The lowest BCUT2D eigenvalue weighted by Crippen LogP contribution is -2.48. The van der Waals surface area contributed by atoms with Crippen LogP contribution in [0.25, 0.3) is 0 Å². The van der Waals surface area contributed by atoms with Crippen molar-refractivity contribution in [2.24, 2.45) is 17.8 Å². The van der Waals surface area contributed by atoms with E-state index < -0.39 is 5.97 Å². The fourth-order valence-electron chi connectivity index (χ4n) is 5.15. The van der Waals surface area contributed by atoms with Gasteiger partial charge in [0, 0.05) is 10.3 Å². The Morgan fingerprint density at radius 2 is 1.67 bits per heavy atom. The third kappa shape index (κ3) is 1.49. The van der Waals surface area contributed by atoms with E-state index in [4.69, 9.17) is 5.11 Å². The molecule has 4 aliphatic rings. The van der Waals surface area contributed by atoms with Gasteiger partial charge in [-0.15, -0.1) is 11.3 Å². The molecule has 4 saturated carbocycles. The first-order valence-electron chi connectivity index (χ1n) is 6.98. The van der Waals surface area contributed by atoms with E-state index in [1.54, 1.807) is 6.07 Å². The summed E-state index contributed by atoms with van der Waals surface area (Å²) in [5.41, 5.74) is 0.354. The Kier molecular flexibility index (Phi) is 2.20. The van der Waals surface area contributed by atoms with Gasteiger partial charge in [-0.3, -0.25) is 0 Å². The summed E-state index contributed by atoms with van der Waals surface area (Å²) < 4.78 is 0. The number of carboxylic acid groups (broad SMARTS) is 1. The molecule has 4 fully saturated rings. The molecule has 5 rings (SSSR count). The zero-order valence-electron chi connectivity index (χ0n) is 10.4. The van der Waals surface area contributed by atoms with Crippen LogP contribution in [0.2, 0.25) is 0 Å². The molecule has 3 heteroatoms. The van der Waals surface area contributed by atoms with Crippen molar-refractivity contribution in [3.8, 4) is 0 Å². The van der Waals surface area contributed by atoms with E-state index in [2.05, 4.69) is 6.07 Å². The molecule has 2 nitrogen and oxygen atoms in total. The predicted octanol–water partition coefficient (Wildman–Crippen LogP) is 3.91. The summed E-state index contributed by atoms with van der Waals surface area (Å²) in [5.74, 6) is 2.00. The maximum Gasteiger partial charge on any atom is 0.345 e. The van der Waals surface area contributed by atoms with Crippen LogP contribution in [0.4, 0.5) is 0 Å². The molecule has 18 heavy (non-hydrogen) atoms.